The minimum Gasteiger partial charge on any atom is -0.493 e. The molecule has 0 radical (unpaired) electrons. The molecule has 0 spiro atoms. The lowest BCUT2D eigenvalue weighted by Gasteiger charge is -2.13. The Labute approximate surface area is 164 Å². The van der Waals surface area contributed by atoms with Crippen LogP contribution in [0.25, 0.3) is 12.2 Å². The molecular formula is C19H23NO7S. The molecular weight excluding hydrogens is 386 g/mol. The second-order valence-electron chi connectivity index (χ2n) is 5.44. The van der Waals surface area contributed by atoms with Crippen LogP contribution in [0.15, 0.2) is 30.3 Å². The first-order chi connectivity index (χ1) is 13.4. The smallest absolute Gasteiger partial charge is 0.382 e. The second-order valence-corrected chi connectivity index (χ2v) is 6.93. The molecule has 2 aromatic carbocycles. The summed E-state index contributed by atoms with van der Waals surface area (Å²) < 4.78 is 51.6. The Kier molecular flexibility index (Phi) is 7.13. The molecule has 0 atom stereocenters. The van der Waals surface area contributed by atoms with Gasteiger partial charge in [-0.2, -0.15) is 13.1 Å². The van der Waals surface area contributed by atoms with Crippen LogP contribution < -0.4 is 27.9 Å². The van der Waals surface area contributed by atoms with E-state index >= 15 is 0 Å². The fraction of sp³-hybridized carbons (Fsp3) is 0.263. The van der Waals surface area contributed by atoms with Crippen molar-refractivity contribution in [2.24, 2.45) is 0 Å². The summed E-state index contributed by atoms with van der Waals surface area (Å²) in [5.41, 5.74) is 1.51. The van der Waals surface area contributed by atoms with Crippen LogP contribution >= 0.6 is 0 Å². The van der Waals surface area contributed by atoms with Crippen LogP contribution in [0.2, 0.25) is 0 Å². The van der Waals surface area contributed by atoms with Crippen molar-refractivity contribution in [2.75, 3.05) is 35.5 Å². The summed E-state index contributed by atoms with van der Waals surface area (Å²) in [7, 11) is 3.39. The van der Waals surface area contributed by atoms with E-state index in [1.165, 1.54) is 21.3 Å². The van der Waals surface area contributed by atoms with Gasteiger partial charge in [-0.3, -0.25) is 0 Å². The van der Waals surface area contributed by atoms with E-state index < -0.39 is 10.3 Å². The molecule has 1 N–H and O–H groups in total. The first kappa shape index (κ1) is 21.4. The molecule has 152 valence electrons. The molecule has 9 heteroatoms. The van der Waals surface area contributed by atoms with E-state index in [2.05, 4.69) is 4.72 Å². The van der Waals surface area contributed by atoms with Gasteiger partial charge in [0.1, 0.15) is 0 Å². The molecule has 0 amide bonds. The zero-order chi connectivity index (χ0) is 20.7. The lowest BCUT2D eigenvalue weighted by Crippen LogP contribution is -2.24. The Balaban J connectivity index is 2.39. The van der Waals surface area contributed by atoms with E-state index in [1.807, 2.05) is 6.08 Å². The zero-order valence-corrected chi connectivity index (χ0v) is 17.1. The summed E-state index contributed by atoms with van der Waals surface area (Å²) in [4.78, 5) is 0. The molecule has 8 nitrogen and oxygen atoms in total. The summed E-state index contributed by atoms with van der Waals surface area (Å²) in [5.74, 6) is 1.92. The van der Waals surface area contributed by atoms with Gasteiger partial charge in [0, 0.05) is 7.05 Å². The number of nitrogens with one attached hydrogen (secondary N) is 1. The molecule has 0 aromatic heterocycles. The Morgan fingerprint density at radius 2 is 1.29 bits per heavy atom. The summed E-state index contributed by atoms with van der Waals surface area (Å²) >= 11 is 0. The molecule has 0 bridgehead atoms. The van der Waals surface area contributed by atoms with Crippen molar-refractivity contribution in [1.29, 1.82) is 0 Å². The van der Waals surface area contributed by atoms with Gasteiger partial charge in [-0.05, 0) is 35.4 Å². The third-order valence-electron chi connectivity index (χ3n) is 3.79. The number of hydrogen-bond acceptors (Lipinski definition) is 7. The molecule has 2 rings (SSSR count). The zero-order valence-electron chi connectivity index (χ0n) is 16.3. The molecule has 0 heterocycles. The van der Waals surface area contributed by atoms with Gasteiger partial charge in [0.25, 0.3) is 0 Å². The topological polar surface area (TPSA) is 92.3 Å². The van der Waals surface area contributed by atoms with Crippen LogP contribution in [0, 0.1) is 0 Å². The Bertz CT molecular complexity index is 930. The standard InChI is InChI=1S/C19H23NO7S/c1-20-28(21,22)27-16-10-13(8-9-15(16)23-2)6-7-14-11-17(24-3)19(26-5)18(12-14)25-4/h6-12,20H,1-5H3/b7-6-. The molecule has 0 fully saturated rings. The van der Waals surface area contributed by atoms with E-state index in [0.29, 0.717) is 28.6 Å². The van der Waals surface area contributed by atoms with Gasteiger partial charge >= 0.3 is 10.3 Å². The molecule has 0 aliphatic heterocycles. The number of ether oxygens (including phenoxy) is 4. The van der Waals surface area contributed by atoms with Crippen molar-refractivity contribution in [3.8, 4) is 28.7 Å². The summed E-state index contributed by atoms with van der Waals surface area (Å²) in [6.07, 6.45) is 3.61. The quantitative estimate of drug-likeness (QED) is 0.637. The lowest BCUT2D eigenvalue weighted by molar-refractivity contribution is 0.324. The fourth-order valence-electron chi connectivity index (χ4n) is 2.41. The van der Waals surface area contributed by atoms with Crippen LogP contribution in [-0.2, 0) is 10.3 Å². The molecule has 0 saturated heterocycles. The third-order valence-corrected chi connectivity index (χ3v) is 4.69. The second kappa shape index (κ2) is 9.34. The van der Waals surface area contributed by atoms with Crippen LogP contribution in [0.5, 0.6) is 28.7 Å². The van der Waals surface area contributed by atoms with E-state index in [9.17, 15) is 8.42 Å². The highest BCUT2D eigenvalue weighted by molar-refractivity contribution is 7.85. The first-order valence-electron chi connectivity index (χ1n) is 8.16. The molecule has 28 heavy (non-hydrogen) atoms. The average molecular weight is 409 g/mol. The molecule has 0 aliphatic carbocycles. The van der Waals surface area contributed by atoms with Gasteiger partial charge in [-0.25, -0.2) is 0 Å². The predicted molar refractivity (Wildman–Crippen MR) is 107 cm³/mol. The van der Waals surface area contributed by atoms with Gasteiger partial charge < -0.3 is 23.1 Å². The molecule has 2 aromatic rings. The maximum atomic E-state index is 11.7. The minimum atomic E-state index is -3.92. The maximum Gasteiger partial charge on any atom is 0.382 e. The van der Waals surface area contributed by atoms with Crippen molar-refractivity contribution in [3.05, 3.63) is 41.5 Å². The van der Waals surface area contributed by atoms with Gasteiger partial charge in [0.15, 0.2) is 23.0 Å². The van der Waals surface area contributed by atoms with E-state index in [4.69, 9.17) is 23.1 Å². The fourth-order valence-corrected chi connectivity index (χ4v) is 2.86. The first-order valence-corrected chi connectivity index (χ1v) is 9.57. The van der Waals surface area contributed by atoms with Crippen molar-refractivity contribution in [2.45, 2.75) is 0 Å². The molecule has 0 unspecified atom stereocenters. The van der Waals surface area contributed by atoms with Crippen LogP contribution in [0.3, 0.4) is 0 Å². The van der Waals surface area contributed by atoms with Crippen molar-refractivity contribution < 1.29 is 31.5 Å². The van der Waals surface area contributed by atoms with E-state index in [-0.39, 0.29) is 5.75 Å². The van der Waals surface area contributed by atoms with Crippen molar-refractivity contribution >= 4 is 22.5 Å². The largest absolute Gasteiger partial charge is 0.493 e. The highest BCUT2D eigenvalue weighted by Gasteiger charge is 2.14. The van der Waals surface area contributed by atoms with E-state index in [1.54, 1.807) is 50.6 Å². The summed E-state index contributed by atoms with van der Waals surface area (Å²) in [5, 5.41) is 0. The van der Waals surface area contributed by atoms with Crippen LogP contribution in [0.1, 0.15) is 11.1 Å². The third kappa shape index (κ3) is 5.08. The van der Waals surface area contributed by atoms with Crippen molar-refractivity contribution in [1.82, 2.24) is 4.72 Å². The van der Waals surface area contributed by atoms with Gasteiger partial charge in [0.05, 0.1) is 28.4 Å². The lowest BCUT2D eigenvalue weighted by atomic mass is 10.1. The van der Waals surface area contributed by atoms with Gasteiger partial charge in [0.2, 0.25) is 5.75 Å². The maximum absolute atomic E-state index is 11.7. The Morgan fingerprint density at radius 3 is 1.79 bits per heavy atom. The van der Waals surface area contributed by atoms with Crippen LogP contribution in [-0.4, -0.2) is 43.9 Å². The average Bonchev–Trinajstić information content (AvgIpc) is 2.71. The Morgan fingerprint density at radius 1 is 0.750 bits per heavy atom. The predicted octanol–water partition coefficient (Wildman–Crippen LogP) is 2.73. The number of rotatable bonds is 9. The minimum absolute atomic E-state index is 0.0730. The number of methoxy groups -OCH3 is 4. The summed E-state index contributed by atoms with van der Waals surface area (Å²) in [6, 6.07) is 8.54. The number of benzene rings is 2. The van der Waals surface area contributed by atoms with E-state index in [0.717, 1.165) is 5.56 Å². The monoisotopic (exact) mass is 409 g/mol. The molecule has 0 aliphatic rings. The Hall–Kier alpha value is -2.91. The number of hydrogen-bond donors (Lipinski definition) is 1. The van der Waals surface area contributed by atoms with Crippen molar-refractivity contribution in [3.63, 3.8) is 0 Å². The molecule has 0 saturated carbocycles. The highest BCUT2D eigenvalue weighted by atomic mass is 32.2. The summed E-state index contributed by atoms with van der Waals surface area (Å²) in [6.45, 7) is 0. The normalized spacial score (nSPS) is 11.3. The van der Waals surface area contributed by atoms with Gasteiger partial charge in [-0.15, -0.1) is 0 Å². The van der Waals surface area contributed by atoms with Crippen LogP contribution in [0.4, 0.5) is 0 Å². The SMILES string of the molecule is CNS(=O)(=O)Oc1cc(/C=C\c2cc(OC)c(OC)c(OC)c2)ccc1OC. The highest BCUT2D eigenvalue weighted by Crippen LogP contribution is 2.38. The van der Waals surface area contributed by atoms with Gasteiger partial charge in [-0.1, -0.05) is 18.2 Å².